The molecule has 0 saturated carbocycles. The van der Waals surface area contributed by atoms with Gasteiger partial charge in [-0.2, -0.15) is 0 Å². The fourth-order valence-electron chi connectivity index (χ4n) is 1.29. The highest BCUT2D eigenvalue weighted by Gasteiger charge is 2.29. The maximum Gasteiger partial charge on any atom is 0.201 e. The summed E-state index contributed by atoms with van der Waals surface area (Å²) in [6.45, 7) is 7.19. The molecule has 0 saturated heterocycles. The molecule has 2 nitrogen and oxygen atoms in total. The maximum atomic E-state index is 5.64. The van der Waals surface area contributed by atoms with Crippen LogP contribution in [0.15, 0.2) is 15.9 Å². The molecule has 0 N–H and O–H groups in total. The normalized spacial score (nSPS) is 12.0. The van der Waals surface area contributed by atoms with Crippen LogP contribution in [0.3, 0.4) is 0 Å². The van der Waals surface area contributed by atoms with E-state index < -0.39 is 5.79 Å². The highest BCUT2D eigenvalue weighted by molar-refractivity contribution is 9.10. The Hall–Kier alpha value is 0.1000. The van der Waals surface area contributed by atoms with Crippen molar-refractivity contribution in [3.63, 3.8) is 0 Å². The number of halogens is 1. The number of hydrogen-bond acceptors (Lipinski definition) is 3. The van der Waals surface area contributed by atoms with Crippen molar-refractivity contribution >= 4 is 27.3 Å². The zero-order valence-corrected chi connectivity index (χ0v) is 11.1. The van der Waals surface area contributed by atoms with Crippen LogP contribution in [0, 0.1) is 0 Å². The zero-order valence-electron chi connectivity index (χ0n) is 8.67. The van der Waals surface area contributed by atoms with E-state index >= 15 is 0 Å². The van der Waals surface area contributed by atoms with E-state index in [1.54, 1.807) is 11.3 Å². The summed E-state index contributed by atoms with van der Waals surface area (Å²) in [6, 6.07) is 2.04. The van der Waals surface area contributed by atoms with E-state index in [9.17, 15) is 0 Å². The van der Waals surface area contributed by atoms with Gasteiger partial charge in [0.15, 0.2) is 0 Å². The van der Waals surface area contributed by atoms with Crippen LogP contribution in [0.5, 0.6) is 0 Å². The van der Waals surface area contributed by atoms with Crippen molar-refractivity contribution in [3.05, 3.63) is 20.8 Å². The average Bonchev–Trinajstić information content (AvgIpc) is 2.53. The van der Waals surface area contributed by atoms with E-state index in [2.05, 4.69) is 15.9 Å². The Labute approximate surface area is 97.4 Å². The van der Waals surface area contributed by atoms with Gasteiger partial charge in [-0.1, -0.05) is 0 Å². The summed E-state index contributed by atoms with van der Waals surface area (Å²) >= 11 is 5.07. The molecule has 1 aromatic heterocycles. The lowest BCUT2D eigenvalue weighted by Crippen LogP contribution is -2.28. The SMILES string of the molecule is CCOC(C)(OCC)c1cc(Br)cs1. The van der Waals surface area contributed by atoms with Gasteiger partial charge in [0.05, 0.1) is 4.88 Å². The molecule has 1 heterocycles. The highest BCUT2D eigenvalue weighted by atomic mass is 79.9. The number of ether oxygens (including phenoxy) is 2. The monoisotopic (exact) mass is 278 g/mol. The first kappa shape index (κ1) is 12.2. The fraction of sp³-hybridized carbons (Fsp3) is 0.600. The molecule has 0 aliphatic carbocycles. The standard InChI is InChI=1S/C10H15BrO2S/c1-4-12-10(3,13-5-2)9-6-8(11)7-14-9/h6-7H,4-5H2,1-3H3. The van der Waals surface area contributed by atoms with Crippen molar-refractivity contribution < 1.29 is 9.47 Å². The molecule has 0 bridgehead atoms. The van der Waals surface area contributed by atoms with Crippen LogP contribution in [0.2, 0.25) is 0 Å². The summed E-state index contributed by atoms with van der Waals surface area (Å²) in [4.78, 5) is 1.09. The van der Waals surface area contributed by atoms with Gasteiger partial charge in [-0.25, -0.2) is 0 Å². The molecular weight excluding hydrogens is 264 g/mol. The lowest BCUT2D eigenvalue weighted by Gasteiger charge is -2.27. The molecule has 0 aromatic carbocycles. The first-order chi connectivity index (χ1) is 6.62. The third kappa shape index (κ3) is 2.79. The van der Waals surface area contributed by atoms with E-state index in [0.29, 0.717) is 13.2 Å². The second-order valence-corrected chi connectivity index (χ2v) is 4.77. The lowest BCUT2D eigenvalue weighted by atomic mass is 10.2. The minimum atomic E-state index is -0.597. The number of rotatable bonds is 5. The molecule has 0 aliphatic rings. The van der Waals surface area contributed by atoms with Crippen molar-refractivity contribution in [3.8, 4) is 0 Å². The smallest absolute Gasteiger partial charge is 0.201 e. The summed E-state index contributed by atoms with van der Waals surface area (Å²) in [5, 5.41) is 2.03. The van der Waals surface area contributed by atoms with Crippen molar-refractivity contribution in [1.82, 2.24) is 0 Å². The van der Waals surface area contributed by atoms with Gasteiger partial charge >= 0.3 is 0 Å². The van der Waals surface area contributed by atoms with Crippen molar-refractivity contribution in [2.24, 2.45) is 0 Å². The first-order valence-electron chi connectivity index (χ1n) is 4.64. The molecule has 0 atom stereocenters. The Balaban J connectivity index is 2.86. The van der Waals surface area contributed by atoms with Gasteiger partial charge in [-0.05, 0) is 42.8 Å². The van der Waals surface area contributed by atoms with Gasteiger partial charge in [0, 0.05) is 23.1 Å². The molecular formula is C10H15BrO2S. The summed E-state index contributed by atoms with van der Waals surface area (Å²) in [5.74, 6) is -0.597. The Morgan fingerprint density at radius 2 is 1.93 bits per heavy atom. The molecule has 0 fully saturated rings. The average molecular weight is 279 g/mol. The van der Waals surface area contributed by atoms with Gasteiger partial charge in [0.2, 0.25) is 5.79 Å². The van der Waals surface area contributed by atoms with Crippen LogP contribution in [-0.4, -0.2) is 13.2 Å². The van der Waals surface area contributed by atoms with Crippen LogP contribution >= 0.6 is 27.3 Å². The predicted molar refractivity (Wildman–Crippen MR) is 62.6 cm³/mol. The summed E-state index contributed by atoms with van der Waals surface area (Å²) in [6.07, 6.45) is 0. The van der Waals surface area contributed by atoms with Gasteiger partial charge in [-0.3, -0.25) is 0 Å². The summed E-state index contributed by atoms with van der Waals surface area (Å²) in [5.41, 5.74) is 0. The number of hydrogen-bond donors (Lipinski definition) is 0. The van der Waals surface area contributed by atoms with Crippen molar-refractivity contribution in [2.75, 3.05) is 13.2 Å². The highest BCUT2D eigenvalue weighted by Crippen LogP contribution is 2.33. The molecule has 0 spiro atoms. The van der Waals surface area contributed by atoms with E-state index in [1.807, 2.05) is 32.2 Å². The summed E-state index contributed by atoms with van der Waals surface area (Å²) in [7, 11) is 0. The third-order valence-corrected chi connectivity index (χ3v) is 3.73. The zero-order chi connectivity index (χ0) is 10.6. The Bertz CT molecular complexity index is 279. The molecule has 0 amide bonds. The second kappa shape index (κ2) is 5.26. The topological polar surface area (TPSA) is 18.5 Å². The second-order valence-electron chi connectivity index (χ2n) is 2.94. The van der Waals surface area contributed by atoms with Crippen molar-refractivity contribution in [1.29, 1.82) is 0 Å². The first-order valence-corrected chi connectivity index (χ1v) is 6.32. The summed E-state index contributed by atoms with van der Waals surface area (Å²) < 4.78 is 12.3. The lowest BCUT2D eigenvalue weighted by molar-refractivity contribution is -0.227. The Morgan fingerprint density at radius 3 is 2.29 bits per heavy atom. The van der Waals surface area contributed by atoms with Gasteiger partial charge in [0.1, 0.15) is 0 Å². The third-order valence-electron chi connectivity index (χ3n) is 1.85. The van der Waals surface area contributed by atoms with Crippen LogP contribution in [-0.2, 0) is 15.3 Å². The Kier molecular flexibility index (Phi) is 4.57. The maximum absolute atomic E-state index is 5.64. The molecule has 4 heteroatoms. The fourth-order valence-corrected chi connectivity index (χ4v) is 2.78. The van der Waals surface area contributed by atoms with Gasteiger partial charge in [0.25, 0.3) is 0 Å². The number of thiophene rings is 1. The van der Waals surface area contributed by atoms with Crippen LogP contribution in [0.4, 0.5) is 0 Å². The molecule has 0 aliphatic heterocycles. The Morgan fingerprint density at radius 1 is 1.36 bits per heavy atom. The largest absolute Gasteiger partial charge is 0.346 e. The van der Waals surface area contributed by atoms with E-state index in [1.165, 1.54) is 0 Å². The quantitative estimate of drug-likeness (QED) is 0.764. The predicted octanol–water partition coefficient (Wildman–Crippen LogP) is 3.76. The van der Waals surface area contributed by atoms with Gasteiger partial charge in [-0.15, -0.1) is 11.3 Å². The molecule has 80 valence electrons. The molecule has 1 rings (SSSR count). The van der Waals surface area contributed by atoms with E-state index in [4.69, 9.17) is 9.47 Å². The van der Waals surface area contributed by atoms with Crippen LogP contribution in [0.25, 0.3) is 0 Å². The molecule has 0 radical (unpaired) electrons. The minimum absolute atomic E-state index is 0.597. The minimum Gasteiger partial charge on any atom is -0.346 e. The molecule has 0 unspecified atom stereocenters. The van der Waals surface area contributed by atoms with Crippen molar-refractivity contribution in [2.45, 2.75) is 26.6 Å². The van der Waals surface area contributed by atoms with Crippen LogP contribution in [0.1, 0.15) is 25.6 Å². The van der Waals surface area contributed by atoms with Crippen LogP contribution < -0.4 is 0 Å². The molecule has 14 heavy (non-hydrogen) atoms. The molecule has 1 aromatic rings. The van der Waals surface area contributed by atoms with E-state index in [-0.39, 0.29) is 0 Å². The van der Waals surface area contributed by atoms with E-state index in [0.717, 1.165) is 9.35 Å². The van der Waals surface area contributed by atoms with Gasteiger partial charge < -0.3 is 9.47 Å².